The van der Waals surface area contributed by atoms with E-state index in [1.165, 1.54) is 11.8 Å². The summed E-state index contributed by atoms with van der Waals surface area (Å²) in [6, 6.07) is 17.0. The number of ether oxygens (including phenoxy) is 1. The van der Waals surface area contributed by atoms with Crippen molar-refractivity contribution in [1.82, 2.24) is 0 Å². The van der Waals surface area contributed by atoms with Crippen LogP contribution in [0.25, 0.3) is 0 Å². The molecule has 0 radical (unpaired) electrons. The van der Waals surface area contributed by atoms with E-state index >= 15 is 0 Å². The second-order valence-electron chi connectivity index (χ2n) is 4.94. The number of benzene rings is 2. The van der Waals surface area contributed by atoms with Gasteiger partial charge < -0.3 is 10.1 Å². The van der Waals surface area contributed by atoms with Crippen molar-refractivity contribution in [2.75, 3.05) is 5.32 Å². The van der Waals surface area contributed by atoms with Crippen molar-refractivity contribution in [1.29, 1.82) is 0 Å². The lowest BCUT2D eigenvalue weighted by Crippen LogP contribution is -2.31. The molecule has 112 valence electrons. The van der Waals surface area contributed by atoms with Gasteiger partial charge in [0.15, 0.2) is 0 Å². The highest BCUT2D eigenvalue weighted by Crippen LogP contribution is 2.36. The Bertz CT molecular complexity index is 687. The molecule has 0 spiro atoms. The molecule has 0 aliphatic carbocycles. The zero-order valence-corrected chi connectivity index (χ0v) is 12.6. The molecule has 0 saturated heterocycles. The first-order valence-electron chi connectivity index (χ1n) is 6.98. The van der Waals surface area contributed by atoms with Gasteiger partial charge in [-0.3, -0.25) is 9.59 Å². The lowest BCUT2D eigenvalue weighted by molar-refractivity contribution is -0.145. The highest BCUT2D eigenvalue weighted by Gasteiger charge is 2.29. The summed E-state index contributed by atoms with van der Waals surface area (Å²) in [6.07, 6.45) is 0.0671. The van der Waals surface area contributed by atoms with Gasteiger partial charge in [0.25, 0.3) is 0 Å². The van der Waals surface area contributed by atoms with Gasteiger partial charge in [-0.05, 0) is 17.7 Å². The van der Waals surface area contributed by atoms with Crippen LogP contribution in [-0.4, -0.2) is 17.1 Å². The second kappa shape index (κ2) is 6.66. The van der Waals surface area contributed by atoms with Gasteiger partial charge in [-0.2, -0.15) is 0 Å². The third-order valence-electron chi connectivity index (χ3n) is 3.30. The number of para-hydroxylation sites is 1. The highest BCUT2D eigenvalue weighted by atomic mass is 32.2. The molecule has 4 nitrogen and oxygen atoms in total. The Morgan fingerprint density at radius 2 is 1.82 bits per heavy atom. The van der Waals surface area contributed by atoms with E-state index in [9.17, 15) is 9.59 Å². The number of anilines is 1. The molecule has 22 heavy (non-hydrogen) atoms. The molecule has 0 unspecified atom stereocenters. The predicted octanol–water partition coefficient (Wildman–Crippen LogP) is 3.23. The first kappa shape index (κ1) is 14.7. The molecule has 0 fully saturated rings. The third-order valence-corrected chi connectivity index (χ3v) is 4.58. The number of hydrogen-bond acceptors (Lipinski definition) is 4. The molecule has 1 atom stereocenters. The maximum Gasteiger partial charge on any atom is 0.307 e. The number of fused-ring (bicyclic) bond motifs is 1. The van der Waals surface area contributed by atoms with Crippen LogP contribution in [0, 0.1) is 0 Å². The Kier molecular flexibility index (Phi) is 4.44. The Balaban J connectivity index is 1.57. The fourth-order valence-electron chi connectivity index (χ4n) is 2.18. The van der Waals surface area contributed by atoms with E-state index in [1.807, 2.05) is 54.6 Å². The zero-order valence-electron chi connectivity index (χ0n) is 11.8. The molecule has 5 heteroatoms. The van der Waals surface area contributed by atoms with E-state index in [0.29, 0.717) is 0 Å². The smallest absolute Gasteiger partial charge is 0.307 e. The Hall–Kier alpha value is -2.27. The largest absolute Gasteiger partial charge is 0.461 e. The second-order valence-corrected chi connectivity index (χ2v) is 6.19. The van der Waals surface area contributed by atoms with Crippen molar-refractivity contribution in [3.05, 3.63) is 60.2 Å². The van der Waals surface area contributed by atoms with Gasteiger partial charge in [-0.1, -0.05) is 42.5 Å². The lowest BCUT2D eigenvalue weighted by Gasteiger charge is -2.23. The standard InChI is InChI=1S/C17H15NO3S/c19-16(21-11-12-6-2-1-3-7-12)10-15-17(20)18-13-8-4-5-9-14(13)22-15/h1-9,15H,10-11H2,(H,18,20)/t15-/m0/s1. The highest BCUT2D eigenvalue weighted by molar-refractivity contribution is 8.01. The SMILES string of the molecule is O=C(C[C@@H]1Sc2ccccc2NC1=O)OCc1ccccc1. The van der Waals surface area contributed by atoms with Crippen molar-refractivity contribution in [2.45, 2.75) is 23.2 Å². The lowest BCUT2D eigenvalue weighted by atomic mass is 10.2. The van der Waals surface area contributed by atoms with Crippen LogP contribution >= 0.6 is 11.8 Å². The molecule has 2 aromatic rings. The van der Waals surface area contributed by atoms with E-state index in [4.69, 9.17) is 4.74 Å². The average Bonchev–Trinajstić information content (AvgIpc) is 2.55. The van der Waals surface area contributed by atoms with E-state index < -0.39 is 5.25 Å². The van der Waals surface area contributed by atoms with E-state index in [1.54, 1.807) is 0 Å². The maximum absolute atomic E-state index is 12.0. The first-order valence-corrected chi connectivity index (χ1v) is 7.86. The number of amides is 1. The molecule has 1 amide bonds. The van der Waals surface area contributed by atoms with Crippen LogP contribution in [0.1, 0.15) is 12.0 Å². The van der Waals surface area contributed by atoms with Gasteiger partial charge >= 0.3 is 5.97 Å². The fraction of sp³-hybridized carbons (Fsp3) is 0.176. The molecule has 0 aromatic heterocycles. The molecule has 0 saturated carbocycles. The van der Waals surface area contributed by atoms with Gasteiger partial charge in [0.2, 0.25) is 5.91 Å². The van der Waals surface area contributed by atoms with Crippen molar-refractivity contribution >= 4 is 29.3 Å². The van der Waals surface area contributed by atoms with E-state index in [2.05, 4.69) is 5.32 Å². The number of carbonyl (C=O) groups excluding carboxylic acids is 2. The van der Waals surface area contributed by atoms with Crippen LogP contribution < -0.4 is 5.32 Å². The van der Waals surface area contributed by atoms with Gasteiger partial charge in [0.1, 0.15) is 6.61 Å². The Morgan fingerprint density at radius 1 is 1.09 bits per heavy atom. The predicted molar refractivity (Wildman–Crippen MR) is 85.6 cm³/mol. The summed E-state index contributed by atoms with van der Waals surface area (Å²) < 4.78 is 5.23. The summed E-state index contributed by atoms with van der Waals surface area (Å²) in [6.45, 7) is 0.231. The van der Waals surface area contributed by atoms with Gasteiger partial charge in [-0.25, -0.2) is 0 Å². The van der Waals surface area contributed by atoms with Crippen molar-refractivity contribution < 1.29 is 14.3 Å². The van der Waals surface area contributed by atoms with Crippen molar-refractivity contribution in [2.24, 2.45) is 0 Å². The van der Waals surface area contributed by atoms with Gasteiger partial charge in [0.05, 0.1) is 17.4 Å². The molecular formula is C17H15NO3S. The summed E-state index contributed by atoms with van der Waals surface area (Å²) in [5.74, 6) is -0.517. The number of carbonyl (C=O) groups is 2. The van der Waals surface area contributed by atoms with Gasteiger partial charge in [-0.15, -0.1) is 11.8 Å². The molecular weight excluding hydrogens is 298 g/mol. The molecule has 1 aliphatic heterocycles. The molecule has 2 aromatic carbocycles. The minimum Gasteiger partial charge on any atom is -0.461 e. The summed E-state index contributed by atoms with van der Waals surface area (Å²) >= 11 is 1.40. The Labute approximate surface area is 132 Å². The molecule has 1 N–H and O–H groups in total. The number of thioether (sulfide) groups is 1. The summed E-state index contributed by atoms with van der Waals surface area (Å²) in [5, 5.41) is 2.38. The first-order chi connectivity index (χ1) is 10.7. The van der Waals surface area contributed by atoms with Gasteiger partial charge in [0, 0.05) is 4.90 Å². The number of esters is 1. The number of nitrogens with one attached hydrogen (secondary N) is 1. The maximum atomic E-state index is 12.0. The minimum atomic E-state index is -0.446. The van der Waals surface area contributed by atoms with Crippen LogP contribution in [0.2, 0.25) is 0 Å². The topological polar surface area (TPSA) is 55.4 Å². The number of rotatable bonds is 4. The summed E-state index contributed by atoms with van der Waals surface area (Å²) in [7, 11) is 0. The Morgan fingerprint density at radius 3 is 2.64 bits per heavy atom. The quantitative estimate of drug-likeness (QED) is 0.881. The van der Waals surface area contributed by atoms with Crippen molar-refractivity contribution in [3.8, 4) is 0 Å². The normalized spacial score (nSPS) is 16.5. The third kappa shape index (κ3) is 3.49. The number of hydrogen-bond donors (Lipinski definition) is 1. The van der Waals surface area contributed by atoms with Crippen LogP contribution in [0.5, 0.6) is 0 Å². The average molecular weight is 313 g/mol. The zero-order chi connectivity index (χ0) is 15.4. The van der Waals surface area contributed by atoms with E-state index in [0.717, 1.165) is 16.1 Å². The fourth-order valence-corrected chi connectivity index (χ4v) is 3.27. The molecule has 1 aliphatic rings. The van der Waals surface area contributed by atoms with Crippen LogP contribution in [-0.2, 0) is 20.9 Å². The van der Waals surface area contributed by atoms with Crippen LogP contribution in [0.15, 0.2) is 59.5 Å². The van der Waals surface area contributed by atoms with Crippen LogP contribution in [0.4, 0.5) is 5.69 Å². The monoisotopic (exact) mass is 313 g/mol. The molecule has 3 rings (SSSR count). The molecule has 1 heterocycles. The summed E-state index contributed by atoms with van der Waals surface area (Å²) in [5.41, 5.74) is 1.73. The summed E-state index contributed by atoms with van der Waals surface area (Å²) in [4.78, 5) is 24.9. The minimum absolute atomic E-state index is 0.0671. The van der Waals surface area contributed by atoms with Crippen molar-refractivity contribution in [3.63, 3.8) is 0 Å². The van der Waals surface area contributed by atoms with E-state index in [-0.39, 0.29) is 24.9 Å². The molecule has 0 bridgehead atoms. The van der Waals surface area contributed by atoms with Crippen LogP contribution in [0.3, 0.4) is 0 Å².